The molecule has 29 heavy (non-hydrogen) atoms. The average molecular weight is 390 g/mol. The van der Waals surface area contributed by atoms with E-state index in [0.29, 0.717) is 18.2 Å². The van der Waals surface area contributed by atoms with Gasteiger partial charge in [0.1, 0.15) is 11.4 Å². The molecule has 1 heterocycles. The Bertz CT molecular complexity index is 1020. The van der Waals surface area contributed by atoms with Crippen molar-refractivity contribution in [2.24, 2.45) is 0 Å². The molecule has 2 aromatic carbocycles. The molecule has 1 amide bonds. The van der Waals surface area contributed by atoms with E-state index >= 15 is 0 Å². The van der Waals surface area contributed by atoms with Gasteiger partial charge in [0.2, 0.25) is 5.95 Å². The average Bonchev–Trinajstić information content (AvgIpc) is 2.70. The van der Waals surface area contributed by atoms with Gasteiger partial charge in [-0.05, 0) is 62.1 Å². The summed E-state index contributed by atoms with van der Waals surface area (Å²) in [6.07, 6.45) is 0.755. The fourth-order valence-corrected chi connectivity index (χ4v) is 3.04. The van der Waals surface area contributed by atoms with Gasteiger partial charge in [-0.15, -0.1) is 0 Å². The maximum absolute atomic E-state index is 12.7. The first-order valence-corrected chi connectivity index (χ1v) is 9.56. The van der Waals surface area contributed by atoms with Crippen LogP contribution < -0.4 is 15.4 Å². The largest absolute Gasteiger partial charge is 0.496 e. The summed E-state index contributed by atoms with van der Waals surface area (Å²) in [5.74, 6) is 1.04. The van der Waals surface area contributed by atoms with Gasteiger partial charge < -0.3 is 15.4 Å². The van der Waals surface area contributed by atoms with Crippen LogP contribution in [0, 0.1) is 20.8 Å². The predicted octanol–water partition coefficient (Wildman–Crippen LogP) is 4.32. The van der Waals surface area contributed by atoms with Crippen molar-refractivity contribution in [1.82, 2.24) is 9.97 Å². The van der Waals surface area contributed by atoms with Crippen LogP contribution in [0.3, 0.4) is 0 Å². The summed E-state index contributed by atoms with van der Waals surface area (Å²) in [5.41, 5.74) is 5.04. The van der Waals surface area contributed by atoms with Crippen LogP contribution in [-0.4, -0.2) is 29.5 Å². The van der Waals surface area contributed by atoms with Crippen molar-refractivity contribution in [3.8, 4) is 5.75 Å². The number of nitrogens with zero attached hydrogens (tertiary/aromatic N) is 2. The van der Waals surface area contributed by atoms with Gasteiger partial charge in [0, 0.05) is 17.9 Å². The molecule has 0 fully saturated rings. The second kappa shape index (κ2) is 9.19. The highest BCUT2D eigenvalue weighted by Gasteiger charge is 2.12. The minimum atomic E-state index is -0.253. The zero-order valence-corrected chi connectivity index (χ0v) is 17.2. The molecule has 3 rings (SSSR count). The van der Waals surface area contributed by atoms with Gasteiger partial charge in [0.05, 0.1) is 7.11 Å². The van der Waals surface area contributed by atoms with Gasteiger partial charge in [-0.25, -0.2) is 9.97 Å². The third kappa shape index (κ3) is 5.31. The number of benzene rings is 2. The number of nitrogens with one attached hydrogen (secondary N) is 2. The summed E-state index contributed by atoms with van der Waals surface area (Å²) in [4.78, 5) is 21.5. The van der Waals surface area contributed by atoms with E-state index < -0.39 is 0 Å². The van der Waals surface area contributed by atoms with Crippen molar-refractivity contribution in [3.05, 3.63) is 76.6 Å². The quantitative estimate of drug-likeness (QED) is 0.628. The Morgan fingerprint density at radius 3 is 2.62 bits per heavy atom. The fraction of sp³-hybridized carbons (Fsp3) is 0.261. The molecular formula is C23H26N4O2. The van der Waals surface area contributed by atoms with Crippen LogP contribution in [-0.2, 0) is 6.42 Å². The predicted molar refractivity (Wildman–Crippen MR) is 116 cm³/mol. The summed E-state index contributed by atoms with van der Waals surface area (Å²) >= 11 is 0. The number of amides is 1. The maximum Gasteiger partial charge on any atom is 0.274 e. The topological polar surface area (TPSA) is 76.1 Å². The third-order valence-electron chi connectivity index (χ3n) is 4.60. The first kappa shape index (κ1) is 20.3. The van der Waals surface area contributed by atoms with Crippen LogP contribution in [0.5, 0.6) is 5.75 Å². The number of carbonyl (C=O) groups excluding carboxylic acids is 1. The first-order chi connectivity index (χ1) is 14.0. The number of hydrogen-bond donors (Lipinski definition) is 2. The van der Waals surface area contributed by atoms with E-state index in [2.05, 4.69) is 20.6 Å². The highest BCUT2D eigenvalue weighted by Crippen LogP contribution is 2.19. The molecule has 6 nitrogen and oxygen atoms in total. The van der Waals surface area contributed by atoms with E-state index in [1.807, 2.05) is 63.2 Å². The van der Waals surface area contributed by atoms with Crippen LogP contribution in [0.4, 0.5) is 11.6 Å². The van der Waals surface area contributed by atoms with Crippen molar-refractivity contribution in [2.45, 2.75) is 27.2 Å². The zero-order chi connectivity index (χ0) is 20.8. The Labute approximate surface area is 171 Å². The molecule has 0 saturated heterocycles. The Hall–Kier alpha value is -3.41. The summed E-state index contributed by atoms with van der Waals surface area (Å²) < 4.78 is 5.38. The van der Waals surface area contributed by atoms with Gasteiger partial charge in [-0.1, -0.05) is 30.3 Å². The lowest BCUT2D eigenvalue weighted by molar-refractivity contribution is 0.102. The smallest absolute Gasteiger partial charge is 0.274 e. The molecular weight excluding hydrogens is 364 g/mol. The lowest BCUT2D eigenvalue weighted by Gasteiger charge is -2.11. The molecule has 3 aromatic rings. The monoisotopic (exact) mass is 390 g/mol. The maximum atomic E-state index is 12.7. The molecule has 0 aliphatic heterocycles. The van der Waals surface area contributed by atoms with E-state index in [4.69, 9.17) is 4.74 Å². The van der Waals surface area contributed by atoms with Crippen molar-refractivity contribution in [2.75, 3.05) is 24.3 Å². The molecule has 0 radical (unpaired) electrons. The van der Waals surface area contributed by atoms with Crippen molar-refractivity contribution >= 4 is 17.5 Å². The molecule has 0 aliphatic rings. The van der Waals surface area contributed by atoms with Crippen molar-refractivity contribution in [3.63, 3.8) is 0 Å². The summed E-state index contributed by atoms with van der Waals surface area (Å²) in [5, 5.41) is 6.15. The normalized spacial score (nSPS) is 10.5. The van der Waals surface area contributed by atoms with E-state index in [9.17, 15) is 4.79 Å². The molecule has 0 atom stereocenters. The van der Waals surface area contributed by atoms with Crippen LogP contribution >= 0.6 is 0 Å². The van der Waals surface area contributed by atoms with Crippen molar-refractivity contribution < 1.29 is 9.53 Å². The molecule has 0 spiro atoms. The number of para-hydroxylation sites is 1. The summed E-state index contributed by atoms with van der Waals surface area (Å²) in [6.45, 7) is 6.43. The number of aryl methyl sites for hydroxylation is 3. The zero-order valence-electron chi connectivity index (χ0n) is 17.2. The summed E-state index contributed by atoms with van der Waals surface area (Å²) in [7, 11) is 1.66. The number of hydrogen-bond acceptors (Lipinski definition) is 5. The number of anilines is 2. The van der Waals surface area contributed by atoms with Crippen molar-refractivity contribution in [1.29, 1.82) is 0 Å². The van der Waals surface area contributed by atoms with Gasteiger partial charge in [0.25, 0.3) is 5.91 Å². The molecule has 0 saturated carbocycles. The van der Waals surface area contributed by atoms with E-state index in [1.54, 1.807) is 13.2 Å². The highest BCUT2D eigenvalue weighted by molar-refractivity contribution is 6.03. The minimum Gasteiger partial charge on any atom is -0.496 e. The Morgan fingerprint density at radius 1 is 1.03 bits per heavy atom. The number of rotatable bonds is 7. The van der Waals surface area contributed by atoms with Crippen LogP contribution in [0.15, 0.2) is 48.5 Å². The standard InChI is InChI=1S/C23H26N4O2/c1-15-9-10-16(2)19(13-15)26-22(28)20-14-17(3)25-23(27-20)24-12-11-18-7-5-6-8-21(18)29-4/h5-10,13-14H,11-12H2,1-4H3,(H,26,28)(H,24,25,27). The highest BCUT2D eigenvalue weighted by atomic mass is 16.5. The lowest BCUT2D eigenvalue weighted by Crippen LogP contribution is -2.17. The SMILES string of the molecule is COc1ccccc1CCNc1nc(C)cc(C(=O)Nc2cc(C)ccc2C)n1. The second-order valence-electron chi connectivity index (χ2n) is 6.98. The van der Waals surface area contributed by atoms with Gasteiger partial charge >= 0.3 is 0 Å². The molecule has 6 heteroatoms. The molecule has 0 bridgehead atoms. The fourth-order valence-electron chi connectivity index (χ4n) is 3.04. The van der Waals surface area contributed by atoms with Gasteiger partial charge in [0.15, 0.2) is 0 Å². The molecule has 2 N–H and O–H groups in total. The van der Waals surface area contributed by atoms with Gasteiger partial charge in [-0.2, -0.15) is 0 Å². The molecule has 150 valence electrons. The Morgan fingerprint density at radius 2 is 1.83 bits per heavy atom. The van der Waals surface area contributed by atoms with Crippen LogP contribution in [0.2, 0.25) is 0 Å². The van der Waals surface area contributed by atoms with Gasteiger partial charge in [-0.3, -0.25) is 4.79 Å². The van der Waals surface area contributed by atoms with E-state index in [0.717, 1.165) is 40.2 Å². The van der Waals surface area contributed by atoms with E-state index in [1.165, 1.54) is 0 Å². The molecule has 0 aliphatic carbocycles. The molecule has 1 aromatic heterocycles. The number of methoxy groups -OCH3 is 1. The van der Waals surface area contributed by atoms with Crippen LogP contribution in [0.25, 0.3) is 0 Å². The van der Waals surface area contributed by atoms with E-state index in [-0.39, 0.29) is 5.91 Å². The second-order valence-corrected chi connectivity index (χ2v) is 6.98. The number of aromatic nitrogens is 2. The minimum absolute atomic E-state index is 0.253. The number of ether oxygens (including phenoxy) is 1. The lowest BCUT2D eigenvalue weighted by atomic mass is 10.1. The first-order valence-electron chi connectivity index (χ1n) is 9.56. The molecule has 0 unspecified atom stereocenters. The van der Waals surface area contributed by atoms with Crippen LogP contribution in [0.1, 0.15) is 32.9 Å². The third-order valence-corrected chi connectivity index (χ3v) is 4.60. The Balaban J connectivity index is 1.69. The Kier molecular flexibility index (Phi) is 6.44. The number of carbonyl (C=O) groups is 1. The summed E-state index contributed by atoms with van der Waals surface area (Å²) in [6, 6.07) is 15.5.